The number of aliphatic hydroxyl groups excluding tert-OH is 1. The fraction of sp³-hybridized carbons (Fsp3) is 0.417. The SMILES string of the molecule is CC.CN(c1ccc(Cl)cc1)C(CO)C(=O)[O-].[Na+]. The maximum absolute atomic E-state index is 10.7. The van der Waals surface area contributed by atoms with Crippen LogP contribution >= 0.6 is 11.6 Å². The van der Waals surface area contributed by atoms with Crippen LogP contribution in [-0.2, 0) is 4.79 Å². The number of carboxylic acid groups (broad SMARTS) is 1. The number of carbonyl (C=O) groups is 1. The normalized spacial score (nSPS) is 10.5. The van der Waals surface area contributed by atoms with Gasteiger partial charge in [-0.05, 0) is 24.3 Å². The van der Waals surface area contributed by atoms with Gasteiger partial charge >= 0.3 is 29.6 Å². The van der Waals surface area contributed by atoms with Gasteiger partial charge in [0.15, 0.2) is 0 Å². The van der Waals surface area contributed by atoms with Gasteiger partial charge in [0.25, 0.3) is 0 Å². The Bertz CT molecular complexity index is 346. The van der Waals surface area contributed by atoms with E-state index in [0.717, 1.165) is 0 Å². The number of rotatable bonds is 4. The second-order valence-corrected chi connectivity index (χ2v) is 3.54. The molecule has 0 bridgehead atoms. The van der Waals surface area contributed by atoms with Crippen LogP contribution in [0.5, 0.6) is 0 Å². The van der Waals surface area contributed by atoms with Crippen LogP contribution in [-0.4, -0.2) is 30.8 Å². The van der Waals surface area contributed by atoms with Crippen LogP contribution in [0.3, 0.4) is 0 Å². The van der Waals surface area contributed by atoms with Crippen molar-refractivity contribution in [1.29, 1.82) is 0 Å². The average Bonchev–Trinajstić information content (AvgIpc) is 2.32. The van der Waals surface area contributed by atoms with Crippen LogP contribution in [0.15, 0.2) is 24.3 Å². The summed E-state index contributed by atoms with van der Waals surface area (Å²) in [6, 6.07) is 5.60. The molecule has 0 amide bonds. The summed E-state index contributed by atoms with van der Waals surface area (Å²) in [7, 11) is 1.57. The first-order chi connectivity index (χ1) is 8.06. The predicted molar refractivity (Wildman–Crippen MR) is 67.1 cm³/mol. The quantitative estimate of drug-likeness (QED) is 0.644. The molecule has 0 heterocycles. The van der Waals surface area contributed by atoms with Gasteiger partial charge in [-0.15, -0.1) is 0 Å². The topological polar surface area (TPSA) is 63.6 Å². The van der Waals surface area contributed by atoms with Gasteiger partial charge in [-0.25, -0.2) is 0 Å². The van der Waals surface area contributed by atoms with Gasteiger partial charge < -0.3 is 19.9 Å². The fourth-order valence-corrected chi connectivity index (χ4v) is 1.34. The van der Waals surface area contributed by atoms with E-state index in [0.29, 0.717) is 10.7 Å². The molecule has 0 aliphatic carbocycles. The minimum atomic E-state index is -1.31. The van der Waals surface area contributed by atoms with E-state index in [1.54, 1.807) is 31.3 Å². The van der Waals surface area contributed by atoms with Gasteiger partial charge in [0.2, 0.25) is 0 Å². The summed E-state index contributed by atoms with van der Waals surface area (Å²) < 4.78 is 0. The molecule has 0 saturated carbocycles. The van der Waals surface area contributed by atoms with Crippen molar-refractivity contribution in [3.8, 4) is 0 Å². The Balaban J connectivity index is 0. The zero-order valence-electron chi connectivity index (χ0n) is 11.2. The molecule has 0 aliphatic heterocycles. The van der Waals surface area contributed by atoms with E-state index in [1.807, 2.05) is 13.8 Å². The van der Waals surface area contributed by atoms with Crippen molar-refractivity contribution >= 4 is 23.3 Å². The number of nitrogens with zero attached hydrogens (tertiary/aromatic N) is 1. The minimum absolute atomic E-state index is 0. The molecule has 6 heteroatoms. The first-order valence-electron chi connectivity index (χ1n) is 5.36. The Morgan fingerprint density at radius 2 is 1.83 bits per heavy atom. The molecule has 1 aromatic carbocycles. The van der Waals surface area contributed by atoms with Gasteiger partial charge in [0, 0.05) is 17.8 Å². The van der Waals surface area contributed by atoms with E-state index in [9.17, 15) is 9.90 Å². The van der Waals surface area contributed by atoms with Crippen LogP contribution in [0.25, 0.3) is 0 Å². The maximum atomic E-state index is 10.7. The first-order valence-corrected chi connectivity index (χ1v) is 5.74. The van der Waals surface area contributed by atoms with Crippen molar-refractivity contribution in [2.45, 2.75) is 19.9 Å². The molecule has 0 aromatic heterocycles. The van der Waals surface area contributed by atoms with Gasteiger partial charge in [-0.2, -0.15) is 0 Å². The molecular weight excluding hydrogens is 265 g/mol. The van der Waals surface area contributed by atoms with Gasteiger partial charge in [-0.1, -0.05) is 25.4 Å². The molecule has 1 N–H and O–H groups in total. The number of aliphatic hydroxyl groups is 1. The minimum Gasteiger partial charge on any atom is -0.548 e. The van der Waals surface area contributed by atoms with E-state index in [4.69, 9.17) is 16.7 Å². The van der Waals surface area contributed by atoms with E-state index in [-0.39, 0.29) is 29.6 Å². The summed E-state index contributed by atoms with van der Waals surface area (Å²) in [5, 5.41) is 20.1. The monoisotopic (exact) mass is 281 g/mol. The molecule has 1 atom stereocenters. The summed E-state index contributed by atoms with van der Waals surface area (Å²) in [5.74, 6) is -1.31. The number of likely N-dealkylation sites (N-methyl/N-ethyl adjacent to an activating group) is 1. The third-order valence-corrected chi connectivity index (χ3v) is 2.40. The summed E-state index contributed by atoms with van der Waals surface area (Å²) >= 11 is 5.70. The number of carbonyl (C=O) groups excluding carboxylic acids is 1. The molecule has 1 unspecified atom stereocenters. The number of benzene rings is 1. The average molecular weight is 282 g/mol. The summed E-state index contributed by atoms with van der Waals surface area (Å²) in [5.41, 5.74) is 0.655. The van der Waals surface area contributed by atoms with Crippen LogP contribution < -0.4 is 39.6 Å². The standard InChI is InChI=1S/C10H12ClNO3.C2H6.Na/c1-12(9(6-13)10(14)15)8-4-2-7(11)3-5-8;1-2;/h2-5,9,13H,6H2,1H3,(H,14,15);1-2H3;/q;;+1/p-1. The largest absolute Gasteiger partial charge is 1.00 e. The predicted octanol–water partition coefficient (Wildman–Crippen LogP) is -2.08. The van der Waals surface area contributed by atoms with Crippen LogP contribution in [0.4, 0.5) is 5.69 Å². The van der Waals surface area contributed by atoms with Gasteiger partial charge in [-0.3, -0.25) is 0 Å². The van der Waals surface area contributed by atoms with Crippen LogP contribution in [0, 0.1) is 0 Å². The van der Waals surface area contributed by atoms with E-state index < -0.39 is 18.6 Å². The van der Waals surface area contributed by atoms with Crippen molar-refractivity contribution in [3.05, 3.63) is 29.3 Å². The molecular formula is C12H17ClNNaO3. The molecule has 0 radical (unpaired) electrons. The van der Waals surface area contributed by atoms with Crippen LogP contribution in [0.2, 0.25) is 5.02 Å². The second kappa shape index (κ2) is 10.6. The number of halogens is 1. The summed E-state index contributed by atoms with van der Waals surface area (Å²) in [4.78, 5) is 12.1. The zero-order valence-corrected chi connectivity index (χ0v) is 13.9. The molecule has 0 aliphatic rings. The second-order valence-electron chi connectivity index (χ2n) is 3.10. The summed E-state index contributed by atoms with van der Waals surface area (Å²) in [6.07, 6.45) is 0. The van der Waals surface area contributed by atoms with Gasteiger partial charge in [0.05, 0.1) is 18.6 Å². The molecule has 18 heavy (non-hydrogen) atoms. The van der Waals surface area contributed by atoms with Crippen LogP contribution in [0.1, 0.15) is 13.8 Å². The smallest absolute Gasteiger partial charge is 0.548 e. The van der Waals surface area contributed by atoms with Crippen molar-refractivity contribution in [2.24, 2.45) is 0 Å². The Kier molecular flexibility index (Phi) is 11.9. The van der Waals surface area contributed by atoms with Crippen molar-refractivity contribution in [2.75, 3.05) is 18.6 Å². The molecule has 0 spiro atoms. The van der Waals surface area contributed by atoms with E-state index >= 15 is 0 Å². The number of anilines is 1. The van der Waals surface area contributed by atoms with Crippen molar-refractivity contribution < 1.29 is 44.6 Å². The van der Waals surface area contributed by atoms with E-state index in [1.165, 1.54) is 4.90 Å². The maximum Gasteiger partial charge on any atom is 1.00 e. The number of hydrogen-bond donors (Lipinski definition) is 1. The molecule has 0 fully saturated rings. The fourth-order valence-electron chi connectivity index (χ4n) is 1.21. The molecule has 0 saturated heterocycles. The first kappa shape index (κ1) is 20.1. The Labute approximate surface area is 135 Å². The number of hydrogen-bond acceptors (Lipinski definition) is 4. The van der Waals surface area contributed by atoms with Gasteiger partial charge in [0.1, 0.15) is 0 Å². The third kappa shape index (κ3) is 6.07. The Morgan fingerprint density at radius 1 is 1.39 bits per heavy atom. The van der Waals surface area contributed by atoms with Crippen molar-refractivity contribution in [3.63, 3.8) is 0 Å². The third-order valence-electron chi connectivity index (χ3n) is 2.15. The number of carboxylic acids is 1. The zero-order chi connectivity index (χ0) is 13.4. The Hall–Kier alpha value is -0.260. The molecule has 96 valence electrons. The van der Waals surface area contributed by atoms with E-state index in [2.05, 4.69) is 0 Å². The Morgan fingerprint density at radius 3 is 2.17 bits per heavy atom. The molecule has 4 nitrogen and oxygen atoms in total. The summed E-state index contributed by atoms with van der Waals surface area (Å²) in [6.45, 7) is 3.50. The molecule has 1 rings (SSSR count). The number of aliphatic carboxylic acids is 1. The molecule has 1 aromatic rings. The van der Waals surface area contributed by atoms with Crippen molar-refractivity contribution in [1.82, 2.24) is 0 Å².